The molecule has 144 valence electrons. The zero-order valence-corrected chi connectivity index (χ0v) is 17.1. The van der Waals surface area contributed by atoms with E-state index in [9.17, 15) is 0 Å². The molecule has 5 aromatic rings. The average molecular weight is 386 g/mol. The lowest BCUT2D eigenvalue weighted by Gasteiger charge is -2.21. The molecule has 0 unspecified atom stereocenters. The standard InChI is InChI=1S/C28H22N2/c1-28(2)23-13-7-6-12-21(23)22-18-19(16-17-24(22)28)27-29-25-14-8-9-15-26(25)30(27)20-10-4-3-5-11-20/h3-18H,1-2H3. The fraction of sp³-hybridized carbons (Fsp3) is 0.107. The third-order valence-corrected chi connectivity index (χ3v) is 6.42. The first-order valence-electron chi connectivity index (χ1n) is 10.4. The van der Waals surface area contributed by atoms with Crippen molar-refractivity contribution in [1.29, 1.82) is 0 Å². The summed E-state index contributed by atoms with van der Waals surface area (Å²) in [7, 11) is 0. The summed E-state index contributed by atoms with van der Waals surface area (Å²) in [5.41, 5.74) is 9.86. The van der Waals surface area contributed by atoms with Gasteiger partial charge in [-0.05, 0) is 52.6 Å². The van der Waals surface area contributed by atoms with Gasteiger partial charge in [-0.15, -0.1) is 0 Å². The molecule has 0 amide bonds. The van der Waals surface area contributed by atoms with E-state index < -0.39 is 0 Å². The fourth-order valence-corrected chi connectivity index (χ4v) is 4.92. The molecule has 0 N–H and O–H groups in total. The van der Waals surface area contributed by atoms with Gasteiger partial charge in [0.1, 0.15) is 5.82 Å². The Morgan fingerprint density at radius 2 is 1.37 bits per heavy atom. The third kappa shape index (κ3) is 2.34. The highest BCUT2D eigenvalue weighted by Crippen LogP contribution is 2.49. The van der Waals surface area contributed by atoms with Crippen molar-refractivity contribution in [3.05, 3.63) is 108 Å². The molecular weight excluding hydrogens is 364 g/mol. The van der Waals surface area contributed by atoms with Crippen LogP contribution >= 0.6 is 0 Å². The number of para-hydroxylation sites is 3. The van der Waals surface area contributed by atoms with Gasteiger partial charge in [-0.25, -0.2) is 4.98 Å². The first-order chi connectivity index (χ1) is 14.6. The van der Waals surface area contributed by atoms with Crippen molar-refractivity contribution in [3.63, 3.8) is 0 Å². The van der Waals surface area contributed by atoms with Gasteiger partial charge in [-0.2, -0.15) is 0 Å². The van der Waals surface area contributed by atoms with E-state index in [1.165, 1.54) is 22.3 Å². The molecule has 1 heterocycles. The Bertz CT molecular complexity index is 1410. The van der Waals surface area contributed by atoms with E-state index >= 15 is 0 Å². The zero-order chi connectivity index (χ0) is 20.3. The number of nitrogens with zero attached hydrogens (tertiary/aromatic N) is 2. The maximum absolute atomic E-state index is 5.04. The van der Waals surface area contributed by atoms with Crippen molar-refractivity contribution in [1.82, 2.24) is 9.55 Å². The molecule has 0 bridgehead atoms. The van der Waals surface area contributed by atoms with Crippen LogP contribution < -0.4 is 0 Å². The number of imidazole rings is 1. The summed E-state index contributed by atoms with van der Waals surface area (Å²) < 4.78 is 2.27. The number of hydrogen-bond donors (Lipinski definition) is 0. The Morgan fingerprint density at radius 1 is 0.667 bits per heavy atom. The largest absolute Gasteiger partial charge is 0.292 e. The third-order valence-electron chi connectivity index (χ3n) is 6.42. The summed E-state index contributed by atoms with van der Waals surface area (Å²) in [5.74, 6) is 0.979. The smallest absolute Gasteiger partial charge is 0.145 e. The Labute approximate surface area is 176 Å². The molecule has 0 spiro atoms. The van der Waals surface area contributed by atoms with Crippen LogP contribution in [0.4, 0.5) is 0 Å². The molecule has 1 aliphatic rings. The van der Waals surface area contributed by atoms with Gasteiger partial charge in [-0.1, -0.05) is 80.6 Å². The number of rotatable bonds is 2. The van der Waals surface area contributed by atoms with E-state index in [2.05, 4.69) is 115 Å². The summed E-state index contributed by atoms with van der Waals surface area (Å²) in [5, 5.41) is 0. The van der Waals surface area contributed by atoms with E-state index in [1.807, 2.05) is 0 Å². The lowest BCUT2D eigenvalue weighted by atomic mass is 9.82. The first kappa shape index (κ1) is 17.2. The average Bonchev–Trinajstić information content (AvgIpc) is 3.28. The van der Waals surface area contributed by atoms with E-state index in [1.54, 1.807) is 0 Å². The van der Waals surface area contributed by atoms with Crippen LogP contribution in [-0.2, 0) is 5.41 Å². The Morgan fingerprint density at radius 3 is 2.23 bits per heavy atom. The van der Waals surface area contributed by atoms with Crippen molar-refractivity contribution in [2.24, 2.45) is 0 Å². The van der Waals surface area contributed by atoms with Crippen LogP contribution in [0, 0.1) is 0 Å². The summed E-state index contributed by atoms with van der Waals surface area (Å²) in [6.07, 6.45) is 0. The van der Waals surface area contributed by atoms with E-state index in [4.69, 9.17) is 4.98 Å². The minimum Gasteiger partial charge on any atom is -0.292 e. The molecule has 1 aliphatic carbocycles. The second-order valence-corrected chi connectivity index (χ2v) is 8.53. The van der Waals surface area contributed by atoms with E-state index in [0.29, 0.717) is 0 Å². The number of fused-ring (bicyclic) bond motifs is 4. The minimum absolute atomic E-state index is 0.0179. The van der Waals surface area contributed by atoms with Crippen molar-refractivity contribution in [2.45, 2.75) is 19.3 Å². The molecule has 0 atom stereocenters. The van der Waals surface area contributed by atoms with Crippen LogP contribution in [-0.4, -0.2) is 9.55 Å². The summed E-state index contributed by atoms with van der Waals surface area (Å²) >= 11 is 0. The summed E-state index contributed by atoms with van der Waals surface area (Å²) in [6.45, 7) is 4.63. The van der Waals surface area contributed by atoms with Gasteiger partial charge < -0.3 is 0 Å². The maximum atomic E-state index is 5.04. The van der Waals surface area contributed by atoms with Gasteiger partial charge in [0, 0.05) is 16.7 Å². The minimum atomic E-state index is 0.0179. The topological polar surface area (TPSA) is 17.8 Å². The van der Waals surface area contributed by atoms with E-state index in [0.717, 1.165) is 28.1 Å². The normalized spacial score (nSPS) is 13.9. The first-order valence-corrected chi connectivity index (χ1v) is 10.4. The second kappa shape index (κ2) is 6.17. The maximum Gasteiger partial charge on any atom is 0.145 e. The van der Waals surface area contributed by atoms with Crippen LogP contribution in [0.15, 0.2) is 97.1 Å². The predicted molar refractivity (Wildman–Crippen MR) is 124 cm³/mol. The van der Waals surface area contributed by atoms with Crippen molar-refractivity contribution in [3.8, 4) is 28.2 Å². The van der Waals surface area contributed by atoms with Crippen LogP contribution in [0.25, 0.3) is 39.2 Å². The molecule has 2 heteroatoms. The molecule has 4 aromatic carbocycles. The molecule has 0 saturated heterocycles. The number of hydrogen-bond acceptors (Lipinski definition) is 1. The van der Waals surface area contributed by atoms with Gasteiger partial charge in [0.15, 0.2) is 0 Å². The van der Waals surface area contributed by atoms with Crippen LogP contribution in [0.5, 0.6) is 0 Å². The molecule has 2 nitrogen and oxygen atoms in total. The number of benzene rings is 4. The van der Waals surface area contributed by atoms with Crippen molar-refractivity contribution in [2.75, 3.05) is 0 Å². The Kier molecular flexibility index (Phi) is 3.54. The Balaban J connectivity index is 1.63. The number of aromatic nitrogens is 2. The quantitative estimate of drug-likeness (QED) is 0.319. The lowest BCUT2D eigenvalue weighted by Crippen LogP contribution is -2.14. The Hall–Kier alpha value is -3.65. The molecule has 1 aromatic heterocycles. The second-order valence-electron chi connectivity index (χ2n) is 8.53. The van der Waals surface area contributed by atoms with Gasteiger partial charge in [-0.3, -0.25) is 4.57 Å². The molecule has 0 aliphatic heterocycles. The van der Waals surface area contributed by atoms with Gasteiger partial charge in [0.2, 0.25) is 0 Å². The SMILES string of the molecule is CC1(C)c2ccccc2-c2cc(-c3nc4ccccc4n3-c3ccccc3)ccc21. The monoisotopic (exact) mass is 386 g/mol. The summed E-state index contributed by atoms with van der Waals surface area (Å²) in [4.78, 5) is 5.04. The zero-order valence-electron chi connectivity index (χ0n) is 17.1. The fourth-order valence-electron chi connectivity index (χ4n) is 4.92. The molecule has 6 rings (SSSR count). The summed E-state index contributed by atoms with van der Waals surface area (Å²) in [6, 6.07) is 34.5. The van der Waals surface area contributed by atoms with Gasteiger partial charge in [0.05, 0.1) is 11.0 Å². The lowest BCUT2D eigenvalue weighted by molar-refractivity contribution is 0.660. The van der Waals surface area contributed by atoms with E-state index in [-0.39, 0.29) is 5.41 Å². The van der Waals surface area contributed by atoms with Crippen LogP contribution in [0.2, 0.25) is 0 Å². The molecule has 0 radical (unpaired) electrons. The predicted octanol–water partition coefficient (Wildman–Crippen LogP) is 7.00. The van der Waals surface area contributed by atoms with Crippen molar-refractivity contribution >= 4 is 11.0 Å². The van der Waals surface area contributed by atoms with Crippen molar-refractivity contribution < 1.29 is 0 Å². The molecule has 0 fully saturated rings. The highest BCUT2D eigenvalue weighted by molar-refractivity contribution is 5.87. The molecule has 30 heavy (non-hydrogen) atoms. The molecular formula is C28H22N2. The highest BCUT2D eigenvalue weighted by atomic mass is 15.1. The van der Waals surface area contributed by atoms with Gasteiger partial charge in [0.25, 0.3) is 0 Å². The van der Waals surface area contributed by atoms with Crippen LogP contribution in [0.1, 0.15) is 25.0 Å². The highest BCUT2D eigenvalue weighted by Gasteiger charge is 2.35. The van der Waals surface area contributed by atoms with Gasteiger partial charge >= 0.3 is 0 Å². The van der Waals surface area contributed by atoms with Crippen LogP contribution in [0.3, 0.4) is 0 Å². The molecule has 0 saturated carbocycles.